The van der Waals surface area contributed by atoms with Crippen LogP contribution in [0.3, 0.4) is 0 Å². The van der Waals surface area contributed by atoms with E-state index in [1.54, 1.807) is 23.3 Å². The van der Waals surface area contributed by atoms with Gasteiger partial charge in [0, 0.05) is 30.9 Å². The van der Waals surface area contributed by atoms with Crippen LogP contribution in [0.25, 0.3) is 0 Å². The molecule has 7 heteroatoms. The van der Waals surface area contributed by atoms with Crippen molar-refractivity contribution in [3.63, 3.8) is 0 Å². The monoisotopic (exact) mass is 255 g/mol. The van der Waals surface area contributed by atoms with E-state index in [-0.39, 0.29) is 6.54 Å². The topological polar surface area (TPSA) is 47.7 Å². The molecule has 0 fully saturated rings. The van der Waals surface area contributed by atoms with Gasteiger partial charge in [0.25, 0.3) is 6.43 Å². The second-order valence-electron chi connectivity index (χ2n) is 4.12. The molecule has 0 saturated carbocycles. The van der Waals surface area contributed by atoms with Crippen LogP contribution in [-0.2, 0) is 20.1 Å². The van der Waals surface area contributed by atoms with E-state index < -0.39 is 6.43 Å². The van der Waals surface area contributed by atoms with Gasteiger partial charge in [0.1, 0.15) is 12.4 Å². The van der Waals surface area contributed by atoms with E-state index in [0.29, 0.717) is 6.54 Å². The van der Waals surface area contributed by atoms with Gasteiger partial charge < -0.3 is 5.32 Å². The molecule has 0 aliphatic carbocycles. The van der Waals surface area contributed by atoms with Crippen molar-refractivity contribution in [2.75, 3.05) is 5.32 Å². The standard InChI is InChI=1S/C11H15F2N5/c1-8-3-15-17(2)11(8)14-4-9-5-16-18(6-9)7-10(12)13/h3,5-6,10,14H,4,7H2,1-2H3. The van der Waals surface area contributed by atoms with Crippen LogP contribution in [0.4, 0.5) is 14.6 Å². The van der Waals surface area contributed by atoms with Crippen molar-refractivity contribution < 1.29 is 8.78 Å². The molecule has 5 nitrogen and oxygen atoms in total. The molecule has 0 unspecified atom stereocenters. The summed E-state index contributed by atoms with van der Waals surface area (Å²) < 4.78 is 27.3. The van der Waals surface area contributed by atoms with Crippen LogP contribution in [0, 0.1) is 6.92 Å². The Morgan fingerprint density at radius 3 is 2.72 bits per heavy atom. The lowest BCUT2D eigenvalue weighted by Crippen LogP contribution is -2.07. The molecule has 0 aliphatic rings. The lowest BCUT2D eigenvalue weighted by atomic mass is 10.3. The molecule has 0 aliphatic heterocycles. The highest BCUT2D eigenvalue weighted by molar-refractivity contribution is 5.43. The molecule has 0 bridgehead atoms. The van der Waals surface area contributed by atoms with Gasteiger partial charge in [-0.25, -0.2) is 8.78 Å². The van der Waals surface area contributed by atoms with E-state index in [9.17, 15) is 8.78 Å². The van der Waals surface area contributed by atoms with E-state index in [1.165, 1.54) is 4.68 Å². The predicted octanol–water partition coefficient (Wildman–Crippen LogP) is 1.80. The molecule has 18 heavy (non-hydrogen) atoms. The van der Waals surface area contributed by atoms with Crippen LogP contribution in [0.5, 0.6) is 0 Å². The Morgan fingerprint density at radius 2 is 2.11 bits per heavy atom. The van der Waals surface area contributed by atoms with Crippen LogP contribution < -0.4 is 5.32 Å². The number of nitrogens with one attached hydrogen (secondary N) is 1. The van der Waals surface area contributed by atoms with Crippen LogP contribution in [0.2, 0.25) is 0 Å². The van der Waals surface area contributed by atoms with Gasteiger partial charge in [-0.1, -0.05) is 0 Å². The Labute approximate surface area is 103 Å². The molecule has 2 aromatic rings. The Kier molecular flexibility index (Phi) is 3.59. The summed E-state index contributed by atoms with van der Waals surface area (Å²) in [7, 11) is 1.84. The molecule has 2 aromatic heterocycles. The van der Waals surface area contributed by atoms with Gasteiger partial charge in [0.2, 0.25) is 0 Å². The molecule has 98 valence electrons. The number of halogens is 2. The van der Waals surface area contributed by atoms with Gasteiger partial charge in [-0.15, -0.1) is 0 Å². The van der Waals surface area contributed by atoms with Gasteiger partial charge in [-0.05, 0) is 6.92 Å². The average molecular weight is 255 g/mol. The minimum atomic E-state index is -2.38. The fraction of sp³-hybridized carbons (Fsp3) is 0.455. The van der Waals surface area contributed by atoms with Crippen molar-refractivity contribution in [1.82, 2.24) is 19.6 Å². The molecule has 0 saturated heterocycles. The quantitative estimate of drug-likeness (QED) is 0.886. The molecule has 0 aromatic carbocycles. The first-order chi connectivity index (χ1) is 8.56. The van der Waals surface area contributed by atoms with Crippen molar-refractivity contribution in [3.8, 4) is 0 Å². The lowest BCUT2D eigenvalue weighted by molar-refractivity contribution is 0.122. The van der Waals surface area contributed by atoms with Gasteiger partial charge in [-0.3, -0.25) is 9.36 Å². The third kappa shape index (κ3) is 2.85. The fourth-order valence-electron chi connectivity index (χ4n) is 1.73. The number of rotatable bonds is 5. The Bertz CT molecular complexity index is 498. The van der Waals surface area contributed by atoms with E-state index in [2.05, 4.69) is 15.5 Å². The van der Waals surface area contributed by atoms with E-state index in [1.807, 2.05) is 14.0 Å². The summed E-state index contributed by atoms with van der Waals surface area (Å²) in [5.41, 5.74) is 1.90. The molecule has 1 N–H and O–H groups in total. The molecule has 0 radical (unpaired) electrons. The normalized spacial score (nSPS) is 11.2. The summed E-state index contributed by atoms with van der Waals surface area (Å²) in [6.45, 7) is 2.11. The van der Waals surface area contributed by atoms with Crippen molar-refractivity contribution in [1.29, 1.82) is 0 Å². The number of hydrogen-bond donors (Lipinski definition) is 1. The minimum absolute atomic E-state index is 0.370. The number of alkyl halides is 2. The highest BCUT2D eigenvalue weighted by Crippen LogP contribution is 2.13. The Morgan fingerprint density at radius 1 is 1.33 bits per heavy atom. The first kappa shape index (κ1) is 12.5. The van der Waals surface area contributed by atoms with Gasteiger partial charge in [0.05, 0.1) is 12.4 Å². The number of aryl methyl sites for hydroxylation is 2. The maximum absolute atomic E-state index is 12.2. The zero-order valence-electron chi connectivity index (χ0n) is 10.3. The van der Waals surface area contributed by atoms with Crippen molar-refractivity contribution in [2.45, 2.75) is 26.4 Å². The Balaban J connectivity index is 1.96. The second-order valence-corrected chi connectivity index (χ2v) is 4.12. The zero-order chi connectivity index (χ0) is 13.1. The van der Waals surface area contributed by atoms with E-state index in [4.69, 9.17) is 0 Å². The smallest absolute Gasteiger partial charge is 0.257 e. The predicted molar refractivity (Wildman–Crippen MR) is 63.5 cm³/mol. The molecule has 0 atom stereocenters. The first-order valence-electron chi connectivity index (χ1n) is 5.58. The molecular weight excluding hydrogens is 240 g/mol. The van der Waals surface area contributed by atoms with Crippen molar-refractivity contribution in [2.24, 2.45) is 7.05 Å². The van der Waals surface area contributed by atoms with Crippen LogP contribution in [-0.4, -0.2) is 26.0 Å². The fourth-order valence-corrected chi connectivity index (χ4v) is 1.73. The van der Waals surface area contributed by atoms with Crippen molar-refractivity contribution >= 4 is 5.82 Å². The highest BCUT2D eigenvalue weighted by atomic mass is 19.3. The Hall–Kier alpha value is -1.92. The molecular formula is C11H15F2N5. The third-order valence-corrected chi connectivity index (χ3v) is 2.59. The first-order valence-corrected chi connectivity index (χ1v) is 5.58. The van der Waals surface area contributed by atoms with Gasteiger partial charge >= 0.3 is 0 Å². The SMILES string of the molecule is Cc1cnn(C)c1NCc1cnn(CC(F)F)c1. The molecule has 0 amide bonds. The summed E-state index contributed by atoms with van der Waals surface area (Å²) >= 11 is 0. The van der Waals surface area contributed by atoms with E-state index in [0.717, 1.165) is 16.9 Å². The van der Waals surface area contributed by atoms with Crippen LogP contribution in [0.1, 0.15) is 11.1 Å². The number of aromatic nitrogens is 4. The summed E-state index contributed by atoms with van der Waals surface area (Å²) in [6, 6.07) is 0. The zero-order valence-corrected chi connectivity index (χ0v) is 10.3. The average Bonchev–Trinajstić information content (AvgIpc) is 2.84. The minimum Gasteiger partial charge on any atom is -0.366 e. The molecule has 0 spiro atoms. The van der Waals surface area contributed by atoms with E-state index >= 15 is 0 Å². The second kappa shape index (κ2) is 5.16. The highest BCUT2D eigenvalue weighted by Gasteiger charge is 2.07. The number of hydrogen-bond acceptors (Lipinski definition) is 3. The summed E-state index contributed by atoms with van der Waals surface area (Å²) in [5, 5.41) is 11.2. The largest absolute Gasteiger partial charge is 0.366 e. The number of anilines is 1. The lowest BCUT2D eigenvalue weighted by Gasteiger charge is -2.06. The number of nitrogens with zero attached hydrogens (tertiary/aromatic N) is 4. The molecule has 2 rings (SSSR count). The van der Waals surface area contributed by atoms with Gasteiger partial charge in [-0.2, -0.15) is 10.2 Å². The van der Waals surface area contributed by atoms with Crippen LogP contribution in [0.15, 0.2) is 18.6 Å². The third-order valence-electron chi connectivity index (χ3n) is 2.59. The maximum Gasteiger partial charge on any atom is 0.257 e. The summed E-state index contributed by atoms with van der Waals surface area (Å²) in [4.78, 5) is 0. The van der Waals surface area contributed by atoms with Crippen molar-refractivity contribution in [3.05, 3.63) is 29.7 Å². The summed E-state index contributed by atoms with van der Waals surface area (Å²) in [6.07, 6.45) is 2.58. The van der Waals surface area contributed by atoms with Gasteiger partial charge in [0.15, 0.2) is 0 Å². The maximum atomic E-state index is 12.2. The molecule has 2 heterocycles. The summed E-state index contributed by atoms with van der Waals surface area (Å²) in [5.74, 6) is 0.914. The van der Waals surface area contributed by atoms with Crippen LogP contribution >= 0.6 is 0 Å².